The number of fused-ring (bicyclic) bond motifs is 1. The Morgan fingerprint density at radius 3 is 2.68 bits per heavy atom. The minimum absolute atomic E-state index is 0.0463. The van der Waals surface area contributed by atoms with Crippen LogP contribution in [0.25, 0.3) is 11.2 Å². The third kappa shape index (κ3) is 4.79. The molecule has 13 heteroatoms. The van der Waals surface area contributed by atoms with Crippen LogP contribution in [-0.2, 0) is 23.8 Å². The Morgan fingerprint density at radius 1 is 1.26 bits per heavy atom. The largest absolute Gasteiger partial charge is 0.459 e. The Morgan fingerprint density at radius 2 is 2.00 bits per heavy atom. The number of carbonyl (C=O) groups is 3. The fraction of sp³-hybridized carbons (Fsp3) is 0.333. The van der Waals surface area contributed by atoms with Crippen LogP contribution in [0.4, 0.5) is 10.3 Å². The molecule has 0 bridgehead atoms. The van der Waals surface area contributed by atoms with E-state index in [2.05, 4.69) is 20.3 Å². The third-order valence-corrected chi connectivity index (χ3v) is 5.26. The number of anilines is 1. The Hall–Kier alpha value is -3.71. The SMILES string of the molecule is CC(=O)Nc1nc(=S)c2ncn([C@@H]3O[C@H](COC(=O)c4ccccc4)[C@@H](OC(C)=O)[C@@H]3F)c2[nH]1. The number of hydrogen-bond acceptors (Lipinski definition) is 9. The molecule has 1 aromatic carbocycles. The maximum atomic E-state index is 15.5. The molecular weight excluding hydrogens is 469 g/mol. The summed E-state index contributed by atoms with van der Waals surface area (Å²) in [4.78, 5) is 46.4. The van der Waals surface area contributed by atoms with Crippen molar-refractivity contribution in [1.82, 2.24) is 19.5 Å². The molecule has 34 heavy (non-hydrogen) atoms. The summed E-state index contributed by atoms with van der Waals surface area (Å²) >= 11 is 5.21. The summed E-state index contributed by atoms with van der Waals surface area (Å²) < 4.78 is 33.1. The summed E-state index contributed by atoms with van der Waals surface area (Å²) in [6.07, 6.45) is -4.28. The second-order valence-corrected chi connectivity index (χ2v) is 7.86. The quantitative estimate of drug-likeness (QED) is 0.395. The van der Waals surface area contributed by atoms with Gasteiger partial charge < -0.3 is 19.2 Å². The van der Waals surface area contributed by atoms with Crippen LogP contribution in [0.1, 0.15) is 30.4 Å². The van der Waals surface area contributed by atoms with Crippen LogP contribution in [0.2, 0.25) is 0 Å². The molecule has 3 aromatic rings. The molecule has 0 spiro atoms. The Bertz CT molecular complexity index is 1300. The van der Waals surface area contributed by atoms with Gasteiger partial charge in [-0.25, -0.2) is 19.2 Å². The molecule has 0 radical (unpaired) electrons. The molecule has 4 rings (SSSR count). The number of rotatable bonds is 6. The van der Waals surface area contributed by atoms with E-state index in [-0.39, 0.29) is 34.3 Å². The molecule has 0 aliphatic carbocycles. The van der Waals surface area contributed by atoms with Crippen LogP contribution in [0, 0.1) is 4.64 Å². The summed E-state index contributed by atoms with van der Waals surface area (Å²) in [5.41, 5.74) is 0.798. The molecule has 4 atom stereocenters. The Balaban J connectivity index is 1.61. The average molecular weight is 489 g/mol. The number of H-pyrrole nitrogens is 1. The lowest BCUT2D eigenvalue weighted by atomic mass is 10.1. The highest BCUT2D eigenvalue weighted by molar-refractivity contribution is 7.71. The minimum Gasteiger partial charge on any atom is -0.459 e. The lowest BCUT2D eigenvalue weighted by Gasteiger charge is -2.18. The summed E-state index contributed by atoms with van der Waals surface area (Å²) in [5.74, 6) is -1.69. The summed E-state index contributed by atoms with van der Waals surface area (Å²) in [6, 6.07) is 8.25. The highest BCUT2D eigenvalue weighted by Crippen LogP contribution is 2.36. The molecule has 1 aliphatic heterocycles. The maximum Gasteiger partial charge on any atom is 0.338 e. The Kier molecular flexibility index (Phi) is 6.65. The van der Waals surface area contributed by atoms with E-state index in [1.807, 2.05) is 0 Å². The van der Waals surface area contributed by atoms with Gasteiger partial charge in [-0.2, -0.15) is 0 Å². The number of nitrogens with zero attached hydrogens (tertiary/aromatic N) is 3. The van der Waals surface area contributed by atoms with E-state index in [1.165, 1.54) is 17.8 Å². The van der Waals surface area contributed by atoms with E-state index in [0.717, 1.165) is 6.92 Å². The molecule has 2 aromatic heterocycles. The predicted molar refractivity (Wildman–Crippen MR) is 118 cm³/mol. The Labute approximate surface area is 197 Å². The third-order valence-electron chi connectivity index (χ3n) is 4.97. The van der Waals surface area contributed by atoms with Crippen molar-refractivity contribution in [3.05, 3.63) is 46.9 Å². The van der Waals surface area contributed by atoms with Gasteiger partial charge in [0.2, 0.25) is 11.9 Å². The number of esters is 2. The number of imidazole rings is 1. The van der Waals surface area contributed by atoms with Gasteiger partial charge in [-0.3, -0.25) is 19.5 Å². The first-order chi connectivity index (χ1) is 16.2. The van der Waals surface area contributed by atoms with E-state index in [9.17, 15) is 14.4 Å². The van der Waals surface area contributed by atoms with Crippen LogP contribution in [-0.4, -0.2) is 62.4 Å². The zero-order chi connectivity index (χ0) is 24.4. The number of halogens is 1. The van der Waals surface area contributed by atoms with Crippen molar-refractivity contribution in [2.75, 3.05) is 11.9 Å². The van der Waals surface area contributed by atoms with Crippen molar-refractivity contribution < 1.29 is 33.0 Å². The van der Waals surface area contributed by atoms with Gasteiger partial charge in [0.05, 0.1) is 11.9 Å². The zero-order valence-electron chi connectivity index (χ0n) is 18.1. The fourth-order valence-corrected chi connectivity index (χ4v) is 3.80. The molecule has 178 valence electrons. The van der Waals surface area contributed by atoms with Crippen molar-refractivity contribution in [1.29, 1.82) is 0 Å². The number of nitrogens with one attached hydrogen (secondary N) is 2. The standard InChI is InChI=1S/C21H20FN5O6S/c1-10(28)24-21-25-17-15(18(34)26-21)23-9-27(17)19-14(22)16(32-11(2)29)13(33-19)8-31-20(30)12-6-4-3-5-7-12/h3-7,9,13-14,16,19H,8H2,1-2H3,(H2,24,25,26,28,34)/t13-,14+,16-,19-/m1/s1. The number of aromatic nitrogens is 4. The monoisotopic (exact) mass is 489 g/mol. The number of carbonyl (C=O) groups excluding carboxylic acids is 3. The topological polar surface area (TPSA) is 137 Å². The first-order valence-corrected chi connectivity index (χ1v) is 10.6. The van der Waals surface area contributed by atoms with Gasteiger partial charge in [0.15, 0.2) is 23.1 Å². The van der Waals surface area contributed by atoms with Crippen molar-refractivity contribution in [3.8, 4) is 0 Å². The molecular formula is C21H20FN5O6S. The lowest BCUT2D eigenvalue weighted by Crippen LogP contribution is -2.36. The van der Waals surface area contributed by atoms with Crippen LogP contribution in [0.15, 0.2) is 36.7 Å². The van der Waals surface area contributed by atoms with Crippen molar-refractivity contribution in [2.45, 2.75) is 38.5 Å². The van der Waals surface area contributed by atoms with Crippen LogP contribution in [0.5, 0.6) is 0 Å². The number of aromatic amines is 1. The van der Waals surface area contributed by atoms with Crippen molar-refractivity contribution in [2.24, 2.45) is 0 Å². The smallest absolute Gasteiger partial charge is 0.338 e. The molecule has 0 saturated carbocycles. The van der Waals surface area contributed by atoms with Crippen LogP contribution in [0.3, 0.4) is 0 Å². The number of ether oxygens (including phenoxy) is 3. The molecule has 1 saturated heterocycles. The van der Waals surface area contributed by atoms with Crippen LogP contribution < -0.4 is 5.32 Å². The van der Waals surface area contributed by atoms with E-state index in [1.54, 1.807) is 30.3 Å². The number of alkyl halides is 1. The minimum atomic E-state index is -1.83. The maximum absolute atomic E-state index is 15.5. The molecule has 11 nitrogen and oxygen atoms in total. The van der Waals surface area contributed by atoms with Crippen LogP contribution >= 0.6 is 12.2 Å². The highest BCUT2D eigenvalue weighted by Gasteiger charge is 2.49. The molecule has 3 heterocycles. The molecule has 1 fully saturated rings. The molecule has 1 aliphatic rings. The van der Waals surface area contributed by atoms with Gasteiger partial charge in [0.25, 0.3) is 0 Å². The van der Waals surface area contributed by atoms with Crippen molar-refractivity contribution >= 4 is 47.2 Å². The van der Waals surface area contributed by atoms with Gasteiger partial charge in [-0.1, -0.05) is 30.4 Å². The van der Waals surface area contributed by atoms with Gasteiger partial charge in [0.1, 0.15) is 23.9 Å². The van der Waals surface area contributed by atoms with Gasteiger partial charge in [-0.05, 0) is 12.1 Å². The number of amides is 1. The number of benzene rings is 1. The summed E-state index contributed by atoms with van der Waals surface area (Å²) in [6.45, 7) is 2.08. The molecule has 1 amide bonds. The predicted octanol–water partition coefficient (Wildman–Crippen LogP) is 2.47. The fourth-order valence-electron chi connectivity index (χ4n) is 3.55. The van der Waals surface area contributed by atoms with E-state index < -0.39 is 36.5 Å². The van der Waals surface area contributed by atoms with E-state index >= 15 is 4.39 Å². The first-order valence-electron chi connectivity index (χ1n) is 10.2. The van der Waals surface area contributed by atoms with Gasteiger partial charge >= 0.3 is 11.9 Å². The normalized spacial score (nSPS) is 21.9. The first kappa shape index (κ1) is 23.4. The number of hydrogen-bond donors (Lipinski definition) is 2. The molecule has 0 unspecified atom stereocenters. The van der Waals surface area contributed by atoms with E-state index in [4.69, 9.17) is 26.4 Å². The van der Waals surface area contributed by atoms with E-state index in [0.29, 0.717) is 5.56 Å². The highest BCUT2D eigenvalue weighted by atomic mass is 32.1. The lowest BCUT2D eigenvalue weighted by molar-refractivity contribution is -0.152. The van der Waals surface area contributed by atoms with Crippen molar-refractivity contribution in [3.63, 3.8) is 0 Å². The summed E-state index contributed by atoms with van der Waals surface area (Å²) in [5, 5.41) is 2.47. The average Bonchev–Trinajstić information content (AvgIpc) is 3.33. The second-order valence-electron chi connectivity index (χ2n) is 7.47. The zero-order valence-corrected chi connectivity index (χ0v) is 18.9. The summed E-state index contributed by atoms with van der Waals surface area (Å²) in [7, 11) is 0. The second kappa shape index (κ2) is 9.65. The van der Waals surface area contributed by atoms with Gasteiger partial charge in [-0.15, -0.1) is 0 Å². The molecule has 2 N–H and O–H groups in total. The van der Waals surface area contributed by atoms with Gasteiger partial charge in [0, 0.05) is 13.8 Å².